The fourth-order valence-electron chi connectivity index (χ4n) is 4.55. The number of hydrogen-bond donors (Lipinski definition) is 0. The molecule has 0 aromatic heterocycles. The first-order chi connectivity index (χ1) is 8.25. The van der Waals surface area contributed by atoms with Crippen LogP contribution in [0.1, 0.15) is 25.3 Å². The van der Waals surface area contributed by atoms with E-state index < -0.39 is 0 Å². The van der Waals surface area contributed by atoms with Gasteiger partial charge in [-0.25, -0.2) is 0 Å². The molecule has 3 heteroatoms. The molecule has 4 fully saturated rings. The molecule has 88 valence electrons. The molecule has 5 rings (SSSR count). The highest BCUT2D eigenvalue weighted by Crippen LogP contribution is 2.81. The van der Waals surface area contributed by atoms with Crippen LogP contribution in [0.2, 0.25) is 5.82 Å². The van der Waals surface area contributed by atoms with Gasteiger partial charge in [0.2, 0.25) is 0 Å². The largest absolute Gasteiger partial charge is 0.461 e. The Labute approximate surface area is 102 Å². The molecule has 0 N–H and O–H groups in total. The van der Waals surface area contributed by atoms with E-state index in [2.05, 4.69) is 37.3 Å². The van der Waals surface area contributed by atoms with Crippen LogP contribution in [0.25, 0.3) is 0 Å². The lowest BCUT2D eigenvalue weighted by Gasteiger charge is -2.76. The second-order valence-corrected chi connectivity index (χ2v) is 6.12. The normalized spacial score (nSPS) is 43.1. The van der Waals surface area contributed by atoms with Crippen LogP contribution in [0.15, 0.2) is 30.3 Å². The van der Waals surface area contributed by atoms with Crippen molar-refractivity contribution >= 4 is 7.12 Å². The molecule has 1 aromatic carbocycles. The molecule has 0 unspecified atom stereocenters. The van der Waals surface area contributed by atoms with Crippen molar-refractivity contribution in [2.45, 2.75) is 31.0 Å². The van der Waals surface area contributed by atoms with Crippen LogP contribution in [0, 0.1) is 5.41 Å². The van der Waals surface area contributed by atoms with Crippen LogP contribution in [-0.4, -0.2) is 20.3 Å². The van der Waals surface area contributed by atoms with E-state index in [1.165, 1.54) is 18.4 Å². The Morgan fingerprint density at radius 1 is 1.12 bits per heavy atom. The van der Waals surface area contributed by atoms with E-state index in [1.807, 2.05) is 0 Å². The third-order valence-corrected chi connectivity index (χ3v) is 5.05. The Morgan fingerprint density at radius 3 is 2.35 bits per heavy atom. The van der Waals surface area contributed by atoms with Crippen molar-refractivity contribution in [3.05, 3.63) is 35.9 Å². The Kier molecular flexibility index (Phi) is 1.88. The van der Waals surface area contributed by atoms with Crippen molar-refractivity contribution in [2.24, 2.45) is 5.41 Å². The summed E-state index contributed by atoms with van der Waals surface area (Å²) >= 11 is 0. The average molecular weight is 228 g/mol. The summed E-state index contributed by atoms with van der Waals surface area (Å²) in [5.41, 5.74) is 2.29. The first kappa shape index (κ1) is 10.2. The predicted molar refractivity (Wildman–Crippen MR) is 66.9 cm³/mol. The SMILES string of the molecule is CC12CC(c3ccccc3)(C1)[C@H]2B1OCCO1. The Bertz CT molecular complexity index is 433. The average Bonchev–Trinajstić information content (AvgIpc) is 2.78. The van der Waals surface area contributed by atoms with Crippen LogP contribution < -0.4 is 0 Å². The van der Waals surface area contributed by atoms with Gasteiger partial charge in [0, 0.05) is 5.82 Å². The van der Waals surface area contributed by atoms with Crippen molar-refractivity contribution < 1.29 is 9.31 Å². The minimum atomic E-state index is 0.0442. The first-order valence-electron chi connectivity index (χ1n) is 6.53. The standard InChI is InChI=1S/C14H17BO2/c1-13-9-14(10-13,11-5-3-2-4-6-11)12(13)15-16-7-8-17-15/h2-6,12H,7-10H2,1H3/t12-,13?,14?/m0/s1. The predicted octanol–water partition coefficient (Wildman–Crippen LogP) is 2.64. The molecular weight excluding hydrogens is 211 g/mol. The fourth-order valence-corrected chi connectivity index (χ4v) is 4.55. The zero-order valence-electron chi connectivity index (χ0n) is 10.2. The Balaban J connectivity index is 1.67. The van der Waals surface area contributed by atoms with Gasteiger partial charge in [-0.1, -0.05) is 37.3 Å². The van der Waals surface area contributed by atoms with Crippen molar-refractivity contribution in [3.63, 3.8) is 0 Å². The monoisotopic (exact) mass is 228 g/mol. The molecule has 3 saturated carbocycles. The first-order valence-corrected chi connectivity index (χ1v) is 6.53. The van der Waals surface area contributed by atoms with Crippen molar-refractivity contribution in [1.82, 2.24) is 0 Å². The second kappa shape index (κ2) is 3.15. The van der Waals surface area contributed by atoms with Gasteiger partial charge in [-0.15, -0.1) is 0 Å². The summed E-state index contributed by atoms with van der Waals surface area (Å²) in [7, 11) is 0.0442. The van der Waals surface area contributed by atoms with Crippen molar-refractivity contribution in [1.29, 1.82) is 0 Å². The Hall–Kier alpha value is -0.795. The minimum absolute atomic E-state index is 0.0442. The molecular formula is C14H17BO2. The van der Waals surface area contributed by atoms with Gasteiger partial charge in [-0.3, -0.25) is 0 Å². The summed E-state index contributed by atoms with van der Waals surface area (Å²) in [5, 5.41) is 0. The number of benzene rings is 1. The van der Waals surface area contributed by atoms with Gasteiger partial charge in [-0.2, -0.15) is 0 Å². The van der Waals surface area contributed by atoms with E-state index in [0.717, 1.165) is 13.2 Å². The molecule has 0 amide bonds. The number of rotatable bonds is 2. The van der Waals surface area contributed by atoms with Crippen molar-refractivity contribution in [2.75, 3.05) is 13.2 Å². The molecule has 1 saturated heterocycles. The summed E-state index contributed by atoms with van der Waals surface area (Å²) in [6.45, 7) is 3.91. The quantitative estimate of drug-likeness (QED) is 0.724. The smallest absolute Gasteiger partial charge is 0.409 e. The zero-order chi connectivity index (χ0) is 11.5. The molecule has 2 nitrogen and oxygen atoms in total. The van der Waals surface area contributed by atoms with E-state index in [0.29, 0.717) is 16.6 Å². The summed E-state index contributed by atoms with van der Waals surface area (Å²) in [6.07, 6.45) is 2.61. The third-order valence-electron chi connectivity index (χ3n) is 5.05. The van der Waals surface area contributed by atoms with Crippen molar-refractivity contribution in [3.8, 4) is 0 Å². The second-order valence-electron chi connectivity index (χ2n) is 6.12. The highest BCUT2D eigenvalue weighted by Gasteiger charge is 2.77. The highest BCUT2D eigenvalue weighted by atomic mass is 16.6. The summed E-state index contributed by atoms with van der Waals surface area (Å²) in [6, 6.07) is 10.9. The summed E-state index contributed by atoms with van der Waals surface area (Å²) in [5.74, 6) is 0.569. The lowest BCUT2D eigenvalue weighted by Crippen LogP contribution is -2.72. The lowest BCUT2D eigenvalue weighted by atomic mass is 9.21. The van der Waals surface area contributed by atoms with E-state index in [4.69, 9.17) is 9.31 Å². The van der Waals surface area contributed by atoms with Gasteiger partial charge >= 0.3 is 7.12 Å². The number of hydrogen-bond acceptors (Lipinski definition) is 2. The van der Waals surface area contributed by atoms with Crippen LogP contribution in [-0.2, 0) is 14.7 Å². The fraction of sp³-hybridized carbons (Fsp3) is 0.571. The van der Waals surface area contributed by atoms with Gasteiger partial charge < -0.3 is 9.31 Å². The van der Waals surface area contributed by atoms with Gasteiger partial charge in [0.05, 0.1) is 13.2 Å². The molecule has 3 aliphatic carbocycles. The molecule has 0 spiro atoms. The zero-order valence-corrected chi connectivity index (χ0v) is 10.2. The van der Waals surface area contributed by atoms with Crippen LogP contribution in [0.4, 0.5) is 0 Å². The topological polar surface area (TPSA) is 18.5 Å². The molecule has 1 heterocycles. The molecule has 2 bridgehead atoms. The molecule has 0 radical (unpaired) electrons. The maximum Gasteiger partial charge on any atom is 0.461 e. The van der Waals surface area contributed by atoms with Gasteiger partial charge in [0.1, 0.15) is 0 Å². The molecule has 1 aromatic rings. The van der Waals surface area contributed by atoms with Gasteiger partial charge in [0.15, 0.2) is 0 Å². The maximum absolute atomic E-state index is 5.75. The summed E-state index contributed by atoms with van der Waals surface area (Å²) < 4.78 is 11.5. The van der Waals surface area contributed by atoms with E-state index >= 15 is 0 Å². The van der Waals surface area contributed by atoms with Crippen LogP contribution in [0.5, 0.6) is 0 Å². The lowest BCUT2D eigenvalue weighted by molar-refractivity contribution is -0.136. The molecule has 1 atom stereocenters. The Morgan fingerprint density at radius 2 is 1.76 bits per heavy atom. The van der Waals surface area contributed by atoms with E-state index in [9.17, 15) is 0 Å². The third kappa shape index (κ3) is 1.14. The van der Waals surface area contributed by atoms with Gasteiger partial charge in [-0.05, 0) is 29.2 Å². The molecule has 1 aliphatic heterocycles. The molecule has 17 heavy (non-hydrogen) atoms. The molecule has 4 aliphatic rings. The summed E-state index contributed by atoms with van der Waals surface area (Å²) in [4.78, 5) is 0. The maximum atomic E-state index is 5.75. The minimum Gasteiger partial charge on any atom is -0.409 e. The van der Waals surface area contributed by atoms with E-state index in [1.54, 1.807) is 0 Å². The van der Waals surface area contributed by atoms with Crippen LogP contribution >= 0.6 is 0 Å². The van der Waals surface area contributed by atoms with Crippen LogP contribution in [0.3, 0.4) is 0 Å². The van der Waals surface area contributed by atoms with Gasteiger partial charge in [0.25, 0.3) is 0 Å². The van der Waals surface area contributed by atoms with E-state index in [-0.39, 0.29) is 7.12 Å². The highest BCUT2D eigenvalue weighted by molar-refractivity contribution is 6.48.